The summed E-state index contributed by atoms with van der Waals surface area (Å²) in [5, 5.41) is 3.48. The molecule has 0 radical (unpaired) electrons. The minimum absolute atomic E-state index is 0.284. The Kier molecular flexibility index (Phi) is 5.51. The van der Waals surface area contributed by atoms with Crippen molar-refractivity contribution in [3.63, 3.8) is 0 Å². The summed E-state index contributed by atoms with van der Waals surface area (Å²) in [6.07, 6.45) is 2.72. The standard InChI is InChI=1S/C14H25F3N2/c15-14(16,17)12-6-10-19(11-7-12)9-3-1-2-8-18-13-4-5-13/h12-13,18H,1-11H2. The lowest BCUT2D eigenvalue weighted by molar-refractivity contribution is -0.185. The first-order valence-corrected chi connectivity index (χ1v) is 7.58. The summed E-state index contributed by atoms with van der Waals surface area (Å²) in [7, 11) is 0. The first kappa shape index (κ1) is 15.1. The van der Waals surface area contributed by atoms with E-state index >= 15 is 0 Å². The quantitative estimate of drug-likeness (QED) is 0.720. The van der Waals surface area contributed by atoms with Gasteiger partial charge in [0.25, 0.3) is 0 Å². The summed E-state index contributed by atoms with van der Waals surface area (Å²) in [5.74, 6) is -1.06. The van der Waals surface area contributed by atoms with Crippen molar-refractivity contribution in [1.29, 1.82) is 0 Å². The maximum Gasteiger partial charge on any atom is 0.391 e. The molecule has 1 saturated carbocycles. The average molecular weight is 278 g/mol. The van der Waals surface area contributed by atoms with Crippen molar-refractivity contribution in [2.75, 3.05) is 26.2 Å². The molecule has 1 saturated heterocycles. The second kappa shape index (κ2) is 6.93. The van der Waals surface area contributed by atoms with Gasteiger partial charge >= 0.3 is 6.18 Å². The molecular formula is C14H25F3N2. The number of rotatable bonds is 7. The maximum atomic E-state index is 12.5. The molecule has 1 heterocycles. The number of unbranched alkanes of at least 4 members (excludes halogenated alkanes) is 2. The number of hydrogen-bond acceptors (Lipinski definition) is 2. The van der Waals surface area contributed by atoms with E-state index in [0.29, 0.717) is 13.1 Å². The summed E-state index contributed by atoms with van der Waals surface area (Å²) in [5.41, 5.74) is 0. The SMILES string of the molecule is FC(F)(F)C1CCN(CCCCCNC2CC2)CC1. The molecule has 2 fully saturated rings. The van der Waals surface area contributed by atoms with E-state index in [1.807, 2.05) is 0 Å². The van der Waals surface area contributed by atoms with E-state index in [2.05, 4.69) is 10.2 Å². The van der Waals surface area contributed by atoms with Crippen LogP contribution in [0, 0.1) is 5.92 Å². The molecule has 0 aromatic rings. The van der Waals surface area contributed by atoms with Crippen LogP contribution in [0.4, 0.5) is 13.2 Å². The Morgan fingerprint density at radius 2 is 1.63 bits per heavy atom. The second-order valence-electron chi connectivity index (χ2n) is 5.95. The second-order valence-corrected chi connectivity index (χ2v) is 5.95. The average Bonchev–Trinajstić information content (AvgIpc) is 3.17. The van der Waals surface area contributed by atoms with Crippen LogP contribution in [-0.2, 0) is 0 Å². The predicted octanol–water partition coefficient (Wildman–Crippen LogP) is 3.18. The van der Waals surface area contributed by atoms with Gasteiger partial charge in [0.2, 0.25) is 0 Å². The topological polar surface area (TPSA) is 15.3 Å². The van der Waals surface area contributed by atoms with Crippen LogP contribution in [0.2, 0.25) is 0 Å². The summed E-state index contributed by atoms with van der Waals surface area (Å²) < 4.78 is 37.5. The van der Waals surface area contributed by atoms with Crippen molar-refractivity contribution >= 4 is 0 Å². The number of hydrogen-bond donors (Lipinski definition) is 1. The van der Waals surface area contributed by atoms with Crippen LogP contribution < -0.4 is 5.32 Å². The molecule has 2 nitrogen and oxygen atoms in total. The van der Waals surface area contributed by atoms with Crippen molar-refractivity contribution in [1.82, 2.24) is 10.2 Å². The maximum absolute atomic E-state index is 12.5. The van der Waals surface area contributed by atoms with Crippen molar-refractivity contribution in [3.05, 3.63) is 0 Å². The first-order chi connectivity index (χ1) is 9.05. The lowest BCUT2D eigenvalue weighted by Gasteiger charge is -2.32. The van der Waals surface area contributed by atoms with E-state index in [1.54, 1.807) is 0 Å². The molecule has 0 aromatic carbocycles. The highest BCUT2D eigenvalue weighted by Gasteiger charge is 2.40. The van der Waals surface area contributed by atoms with Gasteiger partial charge in [-0.25, -0.2) is 0 Å². The molecule has 0 atom stereocenters. The van der Waals surface area contributed by atoms with Gasteiger partial charge < -0.3 is 10.2 Å². The number of piperidine rings is 1. The zero-order chi connectivity index (χ0) is 13.7. The van der Waals surface area contributed by atoms with Crippen molar-refractivity contribution < 1.29 is 13.2 Å². The van der Waals surface area contributed by atoms with Gasteiger partial charge in [-0.2, -0.15) is 13.2 Å². The molecule has 0 amide bonds. The summed E-state index contributed by atoms with van der Waals surface area (Å²) >= 11 is 0. The summed E-state index contributed by atoms with van der Waals surface area (Å²) in [6, 6.07) is 0.779. The van der Waals surface area contributed by atoms with Crippen molar-refractivity contribution in [3.8, 4) is 0 Å². The molecule has 2 rings (SSSR count). The molecule has 0 bridgehead atoms. The number of alkyl halides is 3. The smallest absolute Gasteiger partial charge is 0.314 e. The number of likely N-dealkylation sites (tertiary alicyclic amines) is 1. The fourth-order valence-corrected chi connectivity index (χ4v) is 2.71. The van der Waals surface area contributed by atoms with Crippen LogP contribution in [0.3, 0.4) is 0 Å². The Bertz CT molecular complexity index is 256. The van der Waals surface area contributed by atoms with Gasteiger partial charge in [0, 0.05) is 6.04 Å². The molecule has 1 aliphatic carbocycles. The highest BCUT2D eigenvalue weighted by atomic mass is 19.4. The van der Waals surface area contributed by atoms with Gasteiger partial charge in [0.15, 0.2) is 0 Å². The molecule has 2 aliphatic rings. The lowest BCUT2D eigenvalue weighted by Crippen LogP contribution is -2.39. The molecule has 112 valence electrons. The van der Waals surface area contributed by atoms with Gasteiger partial charge in [-0.1, -0.05) is 6.42 Å². The fraction of sp³-hybridized carbons (Fsp3) is 1.00. The third-order valence-electron chi connectivity index (χ3n) is 4.21. The Morgan fingerprint density at radius 1 is 0.947 bits per heavy atom. The van der Waals surface area contributed by atoms with Gasteiger partial charge in [-0.05, 0) is 64.7 Å². The van der Waals surface area contributed by atoms with Crippen LogP contribution in [0.25, 0.3) is 0 Å². The Labute approximate surface area is 113 Å². The molecule has 5 heteroatoms. The van der Waals surface area contributed by atoms with E-state index in [1.165, 1.54) is 25.7 Å². The van der Waals surface area contributed by atoms with E-state index < -0.39 is 12.1 Å². The number of nitrogens with zero attached hydrogens (tertiary/aromatic N) is 1. The monoisotopic (exact) mass is 278 g/mol. The molecule has 1 aliphatic heterocycles. The lowest BCUT2D eigenvalue weighted by atomic mass is 9.96. The van der Waals surface area contributed by atoms with E-state index in [4.69, 9.17) is 0 Å². The normalized spacial score (nSPS) is 22.9. The highest BCUT2D eigenvalue weighted by molar-refractivity contribution is 4.80. The summed E-state index contributed by atoms with van der Waals surface area (Å²) in [6.45, 7) is 3.30. The molecule has 0 unspecified atom stereocenters. The van der Waals surface area contributed by atoms with E-state index in [-0.39, 0.29) is 12.8 Å². The Morgan fingerprint density at radius 3 is 2.21 bits per heavy atom. The minimum Gasteiger partial charge on any atom is -0.314 e. The molecule has 1 N–H and O–H groups in total. The van der Waals surface area contributed by atoms with E-state index in [9.17, 15) is 13.2 Å². The van der Waals surface area contributed by atoms with Gasteiger partial charge in [-0.3, -0.25) is 0 Å². The first-order valence-electron chi connectivity index (χ1n) is 7.58. The van der Waals surface area contributed by atoms with Crippen LogP contribution in [0.5, 0.6) is 0 Å². The molecule has 0 aromatic heterocycles. The third-order valence-corrected chi connectivity index (χ3v) is 4.21. The van der Waals surface area contributed by atoms with E-state index in [0.717, 1.165) is 25.6 Å². The highest BCUT2D eigenvalue weighted by Crippen LogP contribution is 2.34. The Hall–Kier alpha value is -0.290. The van der Waals surface area contributed by atoms with Crippen LogP contribution in [-0.4, -0.2) is 43.3 Å². The number of halogens is 3. The molecular weight excluding hydrogens is 253 g/mol. The Balaban J connectivity index is 1.46. The summed E-state index contributed by atoms with van der Waals surface area (Å²) in [4.78, 5) is 2.19. The van der Waals surface area contributed by atoms with Crippen molar-refractivity contribution in [2.45, 2.75) is 57.2 Å². The molecule has 19 heavy (non-hydrogen) atoms. The van der Waals surface area contributed by atoms with Crippen LogP contribution >= 0.6 is 0 Å². The zero-order valence-corrected chi connectivity index (χ0v) is 11.5. The largest absolute Gasteiger partial charge is 0.391 e. The van der Waals surface area contributed by atoms with Gasteiger partial charge in [-0.15, -0.1) is 0 Å². The third kappa shape index (κ3) is 5.69. The molecule has 0 spiro atoms. The minimum atomic E-state index is -3.99. The van der Waals surface area contributed by atoms with Crippen molar-refractivity contribution in [2.24, 2.45) is 5.92 Å². The van der Waals surface area contributed by atoms with Gasteiger partial charge in [0.05, 0.1) is 5.92 Å². The van der Waals surface area contributed by atoms with Crippen LogP contribution in [0.1, 0.15) is 44.9 Å². The zero-order valence-electron chi connectivity index (χ0n) is 11.5. The fourth-order valence-electron chi connectivity index (χ4n) is 2.71. The van der Waals surface area contributed by atoms with Gasteiger partial charge in [0.1, 0.15) is 0 Å². The predicted molar refractivity (Wildman–Crippen MR) is 70.1 cm³/mol. The number of nitrogens with one attached hydrogen (secondary N) is 1. The van der Waals surface area contributed by atoms with Crippen LogP contribution in [0.15, 0.2) is 0 Å².